The number of nitrogens with one attached hydrogen (secondary N) is 1. The highest BCUT2D eigenvalue weighted by molar-refractivity contribution is 5.39. The molecule has 1 atom stereocenters. The van der Waals surface area contributed by atoms with Crippen LogP contribution in [0.3, 0.4) is 0 Å². The Kier molecular flexibility index (Phi) is 7.03. The first kappa shape index (κ1) is 17.8. The smallest absolute Gasteiger partial charge is 0.127 e. The van der Waals surface area contributed by atoms with E-state index in [-0.39, 0.29) is 7.18 Å². The van der Waals surface area contributed by atoms with E-state index >= 15 is 0 Å². The van der Waals surface area contributed by atoms with Gasteiger partial charge in [0.25, 0.3) is 0 Å². The van der Waals surface area contributed by atoms with Gasteiger partial charge in [0, 0.05) is 19.6 Å². The third-order valence-corrected chi connectivity index (χ3v) is 4.46. The molecule has 0 spiro atoms. The Bertz CT molecular complexity index is 435. The van der Waals surface area contributed by atoms with Crippen LogP contribution in [0.25, 0.3) is 0 Å². The molecule has 0 aromatic heterocycles. The van der Waals surface area contributed by atoms with Crippen LogP contribution in [0.4, 0.5) is 0 Å². The van der Waals surface area contributed by atoms with Crippen LogP contribution < -0.4 is 10.1 Å². The maximum Gasteiger partial charge on any atom is 0.127 e. The van der Waals surface area contributed by atoms with Gasteiger partial charge in [-0.2, -0.15) is 0 Å². The summed E-state index contributed by atoms with van der Waals surface area (Å²) in [5.74, 6) is 1.76. The molecule has 0 amide bonds. The maximum absolute atomic E-state index is 9.43. The van der Waals surface area contributed by atoms with Gasteiger partial charge in [0.15, 0.2) is 0 Å². The Morgan fingerprint density at radius 1 is 1.38 bits per heavy atom. The van der Waals surface area contributed by atoms with Crippen LogP contribution in [-0.4, -0.2) is 18.8 Å². The van der Waals surface area contributed by atoms with E-state index in [9.17, 15) is 5.11 Å². The third kappa shape index (κ3) is 4.92. The zero-order valence-electron chi connectivity index (χ0n) is 14.2. The molecule has 1 aromatic carbocycles. The second-order valence-electron chi connectivity index (χ2n) is 6.20. The van der Waals surface area contributed by atoms with Crippen LogP contribution in [0.15, 0.2) is 18.2 Å². The number of ether oxygens (including phenoxy) is 1. The Morgan fingerprint density at radius 3 is 2.67 bits per heavy atom. The monoisotopic (exact) mass is 295 g/mol. The number of phenols is 1. The lowest BCUT2D eigenvalue weighted by atomic mass is 9.82. The minimum Gasteiger partial charge on any atom is -0.508 e. The van der Waals surface area contributed by atoms with Crippen molar-refractivity contribution >= 4 is 0 Å². The average Bonchev–Trinajstić information content (AvgIpc) is 2.81. The number of phenolic OH excluding ortho intramolecular Hbond substituents is 1. The molecule has 21 heavy (non-hydrogen) atoms. The summed E-state index contributed by atoms with van der Waals surface area (Å²) >= 11 is 0. The molecule has 3 heteroatoms. The van der Waals surface area contributed by atoms with E-state index in [1.807, 2.05) is 19.9 Å². The molecule has 2 N–H and O–H groups in total. The Hall–Kier alpha value is -1.22. The number of hydrogen-bond acceptors (Lipinski definition) is 3. The number of rotatable bonds is 5. The lowest BCUT2D eigenvalue weighted by Crippen LogP contribution is -2.29. The molecule has 0 aliphatic heterocycles. The predicted molar refractivity (Wildman–Crippen MR) is 90.9 cm³/mol. The topological polar surface area (TPSA) is 41.5 Å². The Balaban J connectivity index is 0.00000141. The summed E-state index contributed by atoms with van der Waals surface area (Å²) in [7, 11) is 1.64. The van der Waals surface area contributed by atoms with Crippen molar-refractivity contribution in [3.8, 4) is 11.5 Å². The molecule has 0 saturated heterocycles. The van der Waals surface area contributed by atoms with E-state index in [0.29, 0.717) is 5.41 Å². The highest BCUT2D eigenvalue weighted by Gasteiger charge is 2.33. The summed E-state index contributed by atoms with van der Waals surface area (Å²) in [6, 6.07) is 5.29. The fourth-order valence-corrected chi connectivity index (χ4v) is 3.04. The molecule has 1 unspecified atom stereocenters. The predicted octanol–water partition coefficient (Wildman–Crippen LogP) is 4.59. The molecule has 1 aliphatic rings. The van der Waals surface area contributed by atoms with Gasteiger partial charge < -0.3 is 15.2 Å². The van der Waals surface area contributed by atoms with Gasteiger partial charge in [0.2, 0.25) is 0 Å². The van der Waals surface area contributed by atoms with E-state index in [1.54, 1.807) is 19.2 Å². The van der Waals surface area contributed by atoms with E-state index in [4.69, 9.17) is 4.74 Å². The van der Waals surface area contributed by atoms with E-state index in [2.05, 4.69) is 19.2 Å². The van der Waals surface area contributed by atoms with Crippen molar-refractivity contribution < 1.29 is 11.3 Å². The van der Waals surface area contributed by atoms with Gasteiger partial charge in [-0.15, -0.1) is 0 Å². The molecule has 1 aliphatic carbocycles. The van der Waals surface area contributed by atoms with Crippen LogP contribution in [-0.2, 0) is 6.54 Å². The van der Waals surface area contributed by atoms with E-state index in [1.165, 1.54) is 19.3 Å². The zero-order chi connectivity index (χ0) is 15.9. The quantitative estimate of drug-likeness (QED) is 0.835. The van der Waals surface area contributed by atoms with E-state index < -0.39 is 0 Å². The summed E-state index contributed by atoms with van der Waals surface area (Å²) in [4.78, 5) is 0. The first-order valence-electron chi connectivity index (χ1n) is 8.09. The standard InChI is InChI=1S/C16H25NO2.C2H6.H2/c1-16(2)8-4-5-13(16)11-17-10-12-6-7-14(18)9-15(12)19-3;1-2;/h6-7,9,13,17-18H,4-5,8,10-11H2,1-3H3;1-2H3;1H. The second-order valence-corrected chi connectivity index (χ2v) is 6.20. The van der Waals surface area contributed by atoms with Gasteiger partial charge in [-0.3, -0.25) is 0 Å². The summed E-state index contributed by atoms with van der Waals surface area (Å²) in [5.41, 5.74) is 1.56. The fraction of sp³-hybridized carbons (Fsp3) is 0.667. The van der Waals surface area contributed by atoms with Crippen LogP contribution in [0, 0.1) is 11.3 Å². The van der Waals surface area contributed by atoms with Crippen molar-refractivity contribution in [2.75, 3.05) is 13.7 Å². The number of methoxy groups -OCH3 is 1. The molecule has 1 saturated carbocycles. The SMILES string of the molecule is CC.COc1cc(O)ccc1CNCC1CCCC1(C)C.[HH]. The molecular formula is C18H33NO2. The van der Waals surface area contributed by atoms with Crippen molar-refractivity contribution in [2.24, 2.45) is 11.3 Å². The van der Waals surface area contributed by atoms with Crippen molar-refractivity contribution in [1.82, 2.24) is 5.32 Å². The first-order valence-corrected chi connectivity index (χ1v) is 8.09. The highest BCUT2D eigenvalue weighted by Crippen LogP contribution is 2.42. The minimum atomic E-state index is 0. The molecule has 0 heterocycles. The van der Waals surface area contributed by atoms with Crippen LogP contribution >= 0.6 is 0 Å². The number of aromatic hydroxyl groups is 1. The summed E-state index contributed by atoms with van der Waals surface area (Å²) in [5, 5.41) is 13.0. The van der Waals surface area contributed by atoms with Crippen molar-refractivity contribution in [2.45, 2.75) is 53.5 Å². The molecule has 122 valence electrons. The lowest BCUT2D eigenvalue weighted by Gasteiger charge is -2.27. The summed E-state index contributed by atoms with van der Waals surface area (Å²) < 4.78 is 5.29. The molecule has 3 nitrogen and oxygen atoms in total. The molecule has 0 bridgehead atoms. The molecular weight excluding hydrogens is 262 g/mol. The Morgan fingerprint density at radius 2 is 2.10 bits per heavy atom. The van der Waals surface area contributed by atoms with Gasteiger partial charge >= 0.3 is 0 Å². The first-order chi connectivity index (χ1) is 10.0. The number of hydrogen-bond donors (Lipinski definition) is 2. The van der Waals surface area contributed by atoms with Gasteiger partial charge in [0.05, 0.1) is 7.11 Å². The highest BCUT2D eigenvalue weighted by atomic mass is 16.5. The maximum atomic E-state index is 9.43. The molecule has 0 radical (unpaired) electrons. The Labute approximate surface area is 131 Å². The minimum absolute atomic E-state index is 0. The third-order valence-electron chi connectivity index (χ3n) is 4.46. The average molecular weight is 295 g/mol. The normalized spacial score (nSPS) is 19.8. The lowest BCUT2D eigenvalue weighted by molar-refractivity contribution is 0.251. The second kappa shape index (κ2) is 8.28. The summed E-state index contributed by atoms with van der Waals surface area (Å²) in [6.45, 7) is 10.6. The zero-order valence-corrected chi connectivity index (χ0v) is 14.2. The summed E-state index contributed by atoms with van der Waals surface area (Å²) in [6.07, 6.45) is 4.01. The largest absolute Gasteiger partial charge is 0.508 e. The van der Waals surface area contributed by atoms with Gasteiger partial charge in [-0.1, -0.05) is 40.2 Å². The van der Waals surface area contributed by atoms with Crippen molar-refractivity contribution in [3.63, 3.8) is 0 Å². The number of benzene rings is 1. The fourth-order valence-electron chi connectivity index (χ4n) is 3.04. The van der Waals surface area contributed by atoms with Crippen molar-refractivity contribution in [1.29, 1.82) is 0 Å². The van der Waals surface area contributed by atoms with Crippen molar-refractivity contribution in [3.05, 3.63) is 23.8 Å². The molecule has 1 fully saturated rings. The molecule has 2 rings (SSSR count). The van der Waals surface area contributed by atoms with Crippen LogP contribution in [0.1, 0.15) is 53.9 Å². The van der Waals surface area contributed by atoms with Gasteiger partial charge in [-0.25, -0.2) is 0 Å². The van der Waals surface area contributed by atoms with Gasteiger partial charge in [-0.05, 0) is 36.8 Å². The van der Waals surface area contributed by atoms with Gasteiger partial charge in [0.1, 0.15) is 11.5 Å². The van der Waals surface area contributed by atoms with E-state index in [0.717, 1.165) is 30.3 Å². The van der Waals surface area contributed by atoms with Crippen LogP contribution in [0.5, 0.6) is 11.5 Å². The molecule has 1 aromatic rings. The van der Waals surface area contributed by atoms with Crippen LogP contribution in [0.2, 0.25) is 0 Å².